The minimum absolute atomic E-state index is 0.0197. The van der Waals surface area contributed by atoms with Crippen LogP contribution >= 0.6 is 11.6 Å². The zero-order chi connectivity index (χ0) is 33.0. The molecule has 0 unspecified atom stereocenters. The molecule has 1 aromatic heterocycles. The van der Waals surface area contributed by atoms with E-state index in [1.54, 1.807) is 6.07 Å². The Balaban J connectivity index is 0.967. The number of nitrogens with one attached hydrogen (secondary N) is 1. The lowest BCUT2D eigenvalue weighted by molar-refractivity contribution is 0.0606. The van der Waals surface area contributed by atoms with Crippen LogP contribution in [0.4, 0.5) is 0 Å². The van der Waals surface area contributed by atoms with E-state index in [-0.39, 0.29) is 27.3 Å². The third-order valence-corrected chi connectivity index (χ3v) is 13.6. The van der Waals surface area contributed by atoms with Crippen LogP contribution in [0.25, 0.3) is 11.0 Å². The Labute approximate surface area is 288 Å². The molecule has 4 heterocycles. The van der Waals surface area contributed by atoms with Crippen molar-refractivity contribution >= 4 is 38.6 Å². The molecule has 3 atom stereocenters. The number of halogens is 1. The number of hydrogen-bond acceptors (Lipinski definition) is 5. The van der Waals surface area contributed by atoms with Crippen molar-refractivity contribution in [1.29, 1.82) is 0 Å². The van der Waals surface area contributed by atoms with Crippen LogP contribution < -0.4 is 4.72 Å². The maximum Gasteiger partial charge on any atom is 0.253 e. The molecule has 2 bridgehead atoms. The highest BCUT2D eigenvalue weighted by molar-refractivity contribution is 7.89. The number of likely N-dealkylation sites (tertiary alicyclic amines) is 1. The third kappa shape index (κ3) is 5.97. The number of fused-ring (bicyclic) bond motifs is 3. The highest BCUT2D eigenvalue weighted by Gasteiger charge is 2.44. The lowest BCUT2D eigenvalue weighted by Gasteiger charge is -2.45. The van der Waals surface area contributed by atoms with Gasteiger partial charge in [0.15, 0.2) is 0 Å². The Hall–Kier alpha value is -3.24. The average Bonchev–Trinajstić information content (AvgIpc) is 3.78. The average molecular weight is 686 g/mol. The van der Waals surface area contributed by atoms with E-state index in [0.717, 1.165) is 62.8 Å². The van der Waals surface area contributed by atoms with Crippen molar-refractivity contribution in [1.82, 2.24) is 24.1 Å². The van der Waals surface area contributed by atoms with Gasteiger partial charge in [0.1, 0.15) is 10.7 Å². The van der Waals surface area contributed by atoms with E-state index in [0.29, 0.717) is 36.8 Å². The number of aromatic nitrogens is 2. The predicted molar refractivity (Wildman–Crippen MR) is 189 cm³/mol. The third-order valence-electron chi connectivity index (χ3n) is 11.6. The summed E-state index contributed by atoms with van der Waals surface area (Å²) in [5, 5.41) is 0.132. The Morgan fingerprint density at radius 3 is 2.31 bits per heavy atom. The number of para-hydroxylation sites is 2. The highest BCUT2D eigenvalue weighted by atomic mass is 35.5. The Morgan fingerprint density at radius 2 is 1.60 bits per heavy atom. The van der Waals surface area contributed by atoms with Gasteiger partial charge in [-0.1, -0.05) is 54.1 Å². The first kappa shape index (κ1) is 32.0. The maximum atomic E-state index is 13.8. The van der Waals surface area contributed by atoms with Gasteiger partial charge in [-0.15, -0.1) is 0 Å². The van der Waals surface area contributed by atoms with Gasteiger partial charge in [0.05, 0.1) is 16.1 Å². The molecule has 10 heteroatoms. The van der Waals surface area contributed by atoms with Gasteiger partial charge >= 0.3 is 0 Å². The summed E-state index contributed by atoms with van der Waals surface area (Å²) in [6.45, 7) is 4.46. The van der Waals surface area contributed by atoms with Gasteiger partial charge in [-0.3, -0.25) is 9.69 Å². The number of piperidine rings is 2. The summed E-state index contributed by atoms with van der Waals surface area (Å²) in [5.41, 5.74) is 4.04. The van der Waals surface area contributed by atoms with Gasteiger partial charge in [0, 0.05) is 42.8 Å². The molecule has 252 valence electrons. The lowest BCUT2D eigenvalue weighted by Crippen LogP contribution is -2.49. The van der Waals surface area contributed by atoms with E-state index in [2.05, 4.69) is 75.7 Å². The summed E-state index contributed by atoms with van der Waals surface area (Å²) in [5.74, 6) is 0.975. The standard InChI is InChI=1S/C38H44ClN5O3S/c1-26-40-34-9-5-6-10-35(34)44(26)32-24-30-14-15-31(25-32)43(30)22-19-38(28-7-3-2-4-8-28)17-20-42(21-18-38)37(45)27-11-16-33(39)36(23-27)48(46,47)41-29-12-13-29/h2-11,16,23,29-32,41H,12-15,17-22,24-25H2,1H3/t30-,31+,32+. The molecular weight excluding hydrogens is 642 g/mol. The molecule has 4 aromatic rings. The lowest BCUT2D eigenvalue weighted by atomic mass is 9.70. The molecule has 1 saturated carbocycles. The Bertz CT molecular complexity index is 1920. The van der Waals surface area contributed by atoms with Crippen LogP contribution in [0, 0.1) is 6.92 Å². The van der Waals surface area contributed by atoms with Gasteiger partial charge < -0.3 is 9.47 Å². The summed E-state index contributed by atoms with van der Waals surface area (Å²) < 4.78 is 31.1. The van der Waals surface area contributed by atoms with E-state index in [9.17, 15) is 13.2 Å². The number of aryl methyl sites for hydroxylation is 1. The summed E-state index contributed by atoms with van der Waals surface area (Å²) in [6.07, 6.45) is 9.28. The van der Waals surface area contributed by atoms with Crippen LogP contribution in [0.5, 0.6) is 0 Å². The fourth-order valence-corrected chi connectivity index (χ4v) is 10.7. The largest absolute Gasteiger partial charge is 0.339 e. The minimum Gasteiger partial charge on any atom is -0.339 e. The van der Waals surface area contributed by atoms with Crippen LogP contribution in [0.2, 0.25) is 5.02 Å². The van der Waals surface area contributed by atoms with Gasteiger partial charge in [-0.2, -0.15) is 0 Å². The maximum absolute atomic E-state index is 13.8. The zero-order valence-corrected chi connectivity index (χ0v) is 29.1. The van der Waals surface area contributed by atoms with Gasteiger partial charge in [0.25, 0.3) is 5.91 Å². The van der Waals surface area contributed by atoms with Crippen LogP contribution in [-0.4, -0.2) is 71.4 Å². The first-order valence-corrected chi connectivity index (χ1v) is 19.4. The van der Waals surface area contributed by atoms with Crippen molar-refractivity contribution < 1.29 is 13.2 Å². The number of imidazole rings is 1. The smallest absolute Gasteiger partial charge is 0.253 e. The van der Waals surface area contributed by atoms with Crippen LogP contribution in [-0.2, 0) is 15.4 Å². The summed E-state index contributed by atoms with van der Waals surface area (Å²) in [4.78, 5) is 23.3. The quantitative estimate of drug-likeness (QED) is 0.208. The van der Waals surface area contributed by atoms with Crippen LogP contribution in [0.15, 0.2) is 77.7 Å². The normalized spacial score (nSPS) is 24.3. The summed E-state index contributed by atoms with van der Waals surface area (Å²) in [7, 11) is -3.78. The summed E-state index contributed by atoms with van der Waals surface area (Å²) >= 11 is 6.32. The molecule has 3 aromatic carbocycles. The number of nitrogens with zero attached hydrogens (tertiary/aromatic N) is 4. The molecule has 3 saturated heterocycles. The second kappa shape index (κ2) is 12.6. The van der Waals surface area contributed by atoms with E-state index in [4.69, 9.17) is 16.6 Å². The second-order valence-electron chi connectivity index (χ2n) is 14.5. The number of carbonyl (C=O) groups is 1. The van der Waals surface area contributed by atoms with E-state index in [1.807, 2.05) is 4.90 Å². The molecule has 8 nitrogen and oxygen atoms in total. The van der Waals surface area contributed by atoms with Crippen molar-refractivity contribution in [3.05, 3.63) is 94.8 Å². The van der Waals surface area contributed by atoms with Crippen LogP contribution in [0.3, 0.4) is 0 Å². The topological polar surface area (TPSA) is 87.5 Å². The van der Waals surface area contributed by atoms with Crippen molar-refractivity contribution in [2.45, 2.75) is 99.2 Å². The molecule has 0 spiro atoms. The van der Waals surface area contributed by atoms with E-state index >= 15 is 0 Å². The molecule has 8 rings (SSSR count). The zero-order valence-electron chi connectivity index (χ0n) is 27.5. The monoisotopic (exact) mass is 685 g/mol. The first-order valence-electron chi connectivity index (χ1n) is 17.6. The SMILES string of the molecule is Cc1nc2ccccc2n1[C@H]1C[C@H]2CC[C@@H](C1)N2CCC1(c2ccccc2)CCN(C(=O)c2ccc(Cl)c(S(=O)(=O)NC3CC3)c2)CC1. The number of rotatable bonds is 9. The van der Waals surface area contributed by atoms with E-state index < -0.39 is 10.0 Å². The Kier molecular flexibility index (Phi) is 8.38. The molecule has 4 fully saturated rings. The second-order valence-corrected chi connectivity index (χ2v) is 16.6. The number of benzene rings is 3. The van der Waals surface area contributed by atoms with Gasteiger partial charge in [-0.05, 0) is 113 Å². The minimum atomic E-state index is -3.78. The molecular formula is C38H44ClN5O3S. The number of carbonyl (C=O) groups excluding carboxylic acids is 1. The van der Waals surface area contributed by atoms with Crippen molar-refractivity contribution in [3.8, 4) is 0 Å². The molecule has 4 aliphatic rings. The highest BCUT2D eigenvalue weighted by Crippen LogP contribution is 2.45. The molecule has 1 amide bonds. The fourth-order valence-electron chi connectivity index (χ4n) is 8.91. The first-order chi connectivity index (χ1) is 23.2. The van der Waals surface area contributed by atoms with Gasteiger partial charge in [0.2, 0.25) is 10.0 Å². The Morgan fingerprint density at radius 1 is 0.917 bits per heavy atom. The number of sulfonamides is 1. The summed E-state index contributed by atoms with van der Waals surface area (Å²) in [6, 6.07) is 25.6. The molecule has 0 radical (unpaired) electrons. The van der Waals surface area contributed by atoms with E-state index in [1.165, 1.54) is 36.1 Å². The van der Waals surface area contributed by atoms with Crippen molar-refractivity contribution in [2.24, 2.45) is 0 Å². The van der Waals surface area contributed by atoms with Crippen molar-refractivity contribution in [3.63, 3.8) is 0 Å². The molecule has 1 N–H and O–H groups in total. The van der Waals surface area contributed by atoms with Gasteiger partial charge in [-0.25, -0.2) is 18.1 Å². The predicted octanol–water partition coefficient (Wildman–Crippen LogP) is 6.87. The molecule has 3 aliphatic heterocycles. The van der Waals surface area contributed by atoms with Crippen LogP contribution in [0.1, 0.15) is 85.6 Å². The molecule has 1 aliphatic carbocycles. The van der Waals surface area contributed by atoms with Crippen molar-refractivity contribution in [2.75, 3.05) is 19.6 Å². The number of amides is 1. The molecule has 48 heavy (non-hydrogen) atoms. The number of hydrogen-bond donors (Lipinski definition) is 1. The fraction of sp³-hybridized carbons (Fsp3) is 0.474.